The number of rotatable bonds is 10. The topological polar surface area (TPSA) is 85.3 Å². The van der Waals surface area contributed by atoms with Crippen molar-refractivity contribution in [1.29, 1.82) is 0 Å². The van der Waals surface area contributed by atoms with Crippen LogP contribution in [0.25, 0.3) is 6.08 Å². The second kappa shape index (κ2) is 13.8. The Hall–Kier alpha value is -3.57. The molecule has 0 radical (unpaired) electrons. The standard InChI is InChI=1S/C32H26BrClN2O5S2/c1-2-40-28-18-24(17-27(33)30(28)41-43(38,39)26-15-13-25(34)14-16-26)19-29-31(37)36(21-23-11-7-4-8-12-23)32(42-29)35-20-22-9-5-3-6-10-22/h3-19H,2,20-21H2,1H3/b29-19+,35-32?. The summed E-state index contributed by atoms with van der Waals surface area (Å²) in [6, 6.07) is 28.6. The second-order valence-electron chi connectivity index (χ2n) is 9.33. The fraction of sp³-hybridized carbons (Fsp3) is 0.125. The van der Waals surface area contributed by atoms with E-state index in [0.717, 1.165) is 11.1 Å². The zero-order chi connectivity index (χ0) is 30.4. The van der Waals surface area contributed by atoms with Gasteiger partial charge in [-0.3, -0.25) is 14.7 Å². The van der Waals surface area contributed by atoms with E-state index in [1.165, 1.54) is 36.0 Å². The van der Waals surface area contributed by atoms with E-state index in [1.807, 2.05) is 60.7 Å². The van der Waals surface area contributed by atoms with E-state index in [0.29, 0.717) is 38.2 Å². The Balaban J connectivity index is 1.46. The van der Waals surface area contributed by atoms with Gasteiger partial charge in [0.15, 0.2) is 16.7 Å². The molecule has 4 aromatic carbocycles. The molecule has 0 saturated carbocycles. The maximum absolute atomic E-state index is 13.7. The number of benzene rings is 4. The highest BCUT2D eigenvalue weighted by Gasteiger charge is 2.33. The third-order valence-electron chi connectivity index (χ3n) is 6.24. The molecule has 1 heterocycles. The van der Waals surface area contributed by atoms with Gasteiger partial charge < -0.3 is 8.92 Å². The minimum atomic E-state index is -4.18. The quantitative estimate of drug-likeness (QED) is 0.124. The molecule has 1 fully saturated rings. The minimum absolute atomic E-state index is 0.000156. The molecule has 0 atom stereocenters. The van der Waals surface area contributed by atoms with Gasteiger partial charge in [0.1, 0.15) is 4.90 Å². The number of hydrogen-bond donors (Lipinski definition) is 0. The predicted octanol–water partition coefficient (Wildman–Crippen LogP) is 7.94. The Morgan fingerprint density at radius 3 is 2.26 bits per heavy atom. The molecular formula is C32H26BrClN2O5S2. The largest absolute Gasteiger partial charge is 0.490 e. The number of aliphatic imine (C=N–C) groups is 1. The molecule has 0 aliphatic carbocycles. The van der Waals surface area contributed by atoms with Gasteiger partial charge in [0.25, 0.3) is 5.91 Å². The van der Waals surface area contributed by atoms with Gasteiger partial charge in [0.2, 0.25) is 0 Å². The fourth-order valence-electron chi connectivity index (χ4n) is 4.20. The number of thioether (sulfide) groups is 1. The first kappa shape index (κ1) is 30.9. The average molecular weight is 698 g/mol. The minimum Gasteiger partial charge on any atom is -0.490 e. The van der Waals surface area contributed by atoms with Gasteiger partial charge in [-0.05, 0) is 93.8 Å². The highest BCUT2D eigenvalue weighted by atomic mass is 79.9. The van der Waals surface area contributed by atoms with Gasteiger partial charge in [0.05, 0.1) is 29.1 Å². The van der Waals surface area contributed by atoms with Crippen molar-refractivity contribution in [2.75, 3.05) is 6.61 Å². The van der Waals surface area contributed by atoms with Crippen molar-refractivity contribution in [1.82, 2.24) is 4.90 Å². The number of ether oxygens (including phenoxy) is 1. The molecule has 4 aromatic rings. The SMILES string of the molecule is CCOc1cc(/C=C2/SC(=NCc3ccccc3)N(Cc3ccccc3)C2=O)cc(Br)c1OS(=O)(=O)c1ccc(Cl)cc1. The van der Waals surface area contributed by atoms with Crippen molar-refractivity contribution in [3.8, 4) is 11.5 Å². The van der Waals surface area contributed by atoms with Crippen molar-refractivity contribution in [2.45, 2.75) is 24.9 Å². The molecule has 5 rings (SSSR count). The Bertz CT molecular complexity index is 1780. The van der Waals surface area contributed by atoms with Crippen LogP contribution < -0.4 is 8.92 Å². The van der Waals surface area contributed by atoms with Crippen LogP contribution in [0.4, 0.5) is 0 Å². The molecule has 1 aliphatic heterocycles. The summed E-state index contributed by atoms with van der Waals surface area (Å²) in [4.78, 5) is 20.5. The van der Waals surface area contributed by atoms with E-state index < -0.39 is 10.1 Å². The predicted molar refractivity (Wildman–Crippen MR) is 175 cm³/mol. The molecule has 220 valence electrons. The molecule has 0 spiro atoms. The maximum atomic E-state index is 13.7. The van der Waals surface area contributed by atoms with Crippen LogP contribution in [0.5, 0.6) is 11.5 Å². The zero-order valence-electron chi connectivity index (χ0n) is 22.9. The summed E-state index contributed by atoms with van der Waals surface area (Å²) in [6.07, 6.45) is 1.74. The first-order chi connectivity index (χ1) is 20.7. The van der Waals surface area contributed by atoms with Crippen LogP contribution in [0.3, 0.4) is 0 Å². The first-order valence-corrected chi connectivity index (χ1v) is 16.6. The molecule has 0 bridgehead atoms. The lowest BCUT2D eigenvalue weighted by molar-refractivity contribution is -0.122. The van der Waals surface area contributed by atoms with Gasteiger partial charge in [-0.15, -0.1) is 0 Å². The van der Waals surface area contributed by atoms with Crippen molar-refractivity contribution in [3.63, 3.8) is 0 Å². The zero-order valence-corrected chi connectivity index (χ0v) is 26.9. The lowest BCUT2D eigenvalue weighted by Gasteiger charge is -2.16. The molecule has 1 aliphatic rings. The molecule has 0 aromatic heterocycles. The number of amides is 1. The van der Waals surface area contributed by atoms with Crippen LogP contribution in [0.1, 0.15) is 23.6 Å². The Labute approximate surface area is 268 Å². The van der Waals surface area contributed by atoms with Crippen LogP contribution in [0, 0.1) is 0 Å². The summed E-state index contributed by atoms with van der Waals surface area (Å²) in [5, 5.41) is 1.00. The molecule has 1 amide bonds. The van der Waals surface area contributed by atoms with Crippen molar-refractivity contribution in [2.24, 2.45) is 4.99 Å². The average Bonchev–Trinajstić information content (AvgIpc) is 3.28. The lowest BCUT2D eigenvalue weighted by Crippen LogP contribution is -2.28. The number of carbonyl (C=O) groups excluding carboxylic acids is 1. The number of amidine groups is 1. The van der Waals surface area contributed by atoms with Crippen LogP contribution in [0.15, 0.2) is 116 Å². The van der Waals surface area contributed by atoms with Crippen LogP contribution in [-0.4, -0.2) is 31.0 Å². The van der Waals surface area contributed by atoms with Crippen LogP contribution in [-0.2, 0) is 28.0 Å². The highest BCUT2D eigenvalue weighted by molar-refractivity contribution is 9.10. The maximum Gasteiger partial charge on any atom is 0.339 e. The third kappa shape index (κ3) is 7.69. The molecule has 0 N–H and O–H groups in total. The number of carbonyl (C=O) groups is 1. The van der Waals surface area contributed by atoms with E-state index in [-0.39, 0.29) is 28.9 Å². The lowest BCUT2D eigenvalue weighted by atomic mass is 10.1. The van der Waals surface area contributed by atoms with E-state index in [4.69, 9.17) is 25.5 Å². The van der Waals surface area contributed by atoms with E-state index in [1.54, 1.807) is 30.0 Å². The molecule has 7 nitrogen and oxygen atoms in total. The van der Waals surface area contributed by atoms with E-state index >= 15 is 0 Å². The Morgan fingerprint density at radius 1 is 0.953 bits per heavy atom. The van der Waals surface area contributed by atoms with Gasteiger partial charge >= 0.3 is 10.1 Å². The summed E-state index contributed by atoms with van der Waals surface area (Å²) >= 11 is 10.6. The summed E-state index contributed by atoms with van der Waals surface area (Å²) in [7, 11) is -4.18. The highest BCUT2D eigenvalue weighted by Crippen LogP contribution is 2.41. The smallest absolute Gasteiger partial charge is 0.339 e. The number of nitrogens with zero attached hydrogens (tertiary/aromatic N) is 2. The van der Waals surface area contributed by atoms with Crippen LogP contribution >= 0.6 is 39.3 Å². The van der Waals surface area contributed by atoms with E-state index in [2.05, 4.69) is 15.9 Å². The molecule has 11 heteroatoms. The van der Waals surface area contributed by atoms with Crippen LogP contribution in [0.2, 0.25) is 5.02 Å². The van der Waals surface area contributed by atoms with Gasteiger partial charge in [0, 0.05) is 5.02 Å². The summed E-state index contributed by atoms with van der Waals surface area (Å²) in [6.45, 7) is 2.85. The fourth-order valence-corrected chi connectivity index (χ4v) is 6.91. The first-order valence-electron chi connectivity index (χ1n) is 13.2. The monoisotopic (exact) mass is 696 g/mol. The van der Waals surface area contributed by atoms with Crippen molar-refractivity contribution < 1.29 is 22.1 Å². The van der Waals surface area contributed by atoms with Crippen molar-refractivity contribution in [3.05, 3.63) is 128 Å². The molecule has 1 saturated heterocycles. The van der Waals surface area contributed by atoms with Gasteiger partial charge in [-0.1, -0.05) is 72.3 Å². The molecule has 0 unspecified atom stereocenters. The van der Waals surface area contributed by atoms with Gasteiger partial charge in [-0.2, -0.15) is 8.42 Å². The second-order valence-corrected chi connectivity index (χ2v) is 13.2. The van der Waals surface area contributed by atoms with E-state index in [9.17, 15) is 13.2 Å². The number of hydrogen-bond acceptors (Lipinski definition) is 7. The Kier molecular flexibility index (Phi) is 9.92. The summed E-state index contributed by atoms with van der Waals surface area (Å²) < 4.78 is 37.6. The Morgan fingerprint density at radius 2 is 1.60 bits per heavy atom. The van der Waals surface area contributed by atoms with Crippen molar-refractivity contribution >= 4 is 66.6 Å². The number of halogens is 2. The van der Waals surface area contributed by atoms with Gasteiger partial charge in [-0.25, -0.2) is 0 Å². The molecule has 43 heavy (non-hydrogen) atoms. The normalized spacial score (nSPS) is 15.3. The summed E-state index contributed by atoms with van der Waals surface area (Å²) in [5.74, 6) is 0.0244. The third-order valence-corrected chi connectivity index (χ3v) is 9.36. The summed E-state index contributed by atoms with van der Waals surface area (Å²) in [5.41, 5.74) is 2.64. The molecular weight excluding hydrogens is 672 g/mol.